The lowest BCUT2D eigenvalue weighted by atomic mass is 9.88. The number of thiazole rings is 1. The van der Waals surface area contributed by atoms with Crippen molar-refractivity contribution in [2.75, 3.05) is 5.32 Å². The summed E-state index contributed by atoms with van der Waals surface area (Å²) in [4.78, 5) is 0.954. The standard InChI is InChI=1S/C20H15ClN4S2/c21-15-9-5-4-8-13(15)16-14(10-22)18(23)24-19-17(16)27-20(26)25(19)11-12-6-2-1-3-7-12/h1-9,16,24H,11,23H2. The molecule has 1 atom stereocenters. The Labute approximate surface area is 171 Å². The van der Waals surface area contributed by atoms with E-state index in [0.29, 0.717) is 23.0 Å². The summed E-state index contributed by atoms with van der Waals surface area (Å²) in [7, 11) is 0. The molecule has 0 spiro atoms. The van der Waals surface area contributed by atoms with Crippen molar-refractivity contribution in [3.05, 3.63) is 91.0 Å². The maximum Gasteiger partial charge on any atom is 0.163 e. The van der Waals surface area contributed by atoms with E-state index in [2.05, 4.69) is 23.5 Å². The fraction of sp³-hybridized carbons (Fsp3) is 0.100. The van der Waals surface area contributed by atoms with Gasteiger partial charge in [0.25, 0.3) is 0 Å². The molecule has 0 aliphatic carbocycles. The van der Waals surface area contributed by atoms with E-state index < -0.39 is 0 Å². The Kier molecular flexibility index (Phi) is 4.75. The van der Waals surface area contributed by atoms with Gasteiger partial charge in [0.15, 0.2) is 3.95 Å². The molecule has 3 aromatic rings. The number of hydrogen-bond acceptors (Lipinski definition) is 5. The molecule has 134 valence electrons. The summed E-state index contributed by atoms with van der Waals surface area (Å²) in [5.41, 5.74) is 8.66. The molecule has 3 N–H and O–H groups in total. The Morgan fingerprint density at radius 2 is 1.89 bits per heavy atom. The normalized spacial score (nSPS) is 15.8. The molecule has 0 saturated carbocycles. The van der Waals surface area contributed by atoms with Crippen LogP contribution >= 0.6 is 35.2 Å². The molecule has 2 heterocycles. The second-order valence-electron chi connectivity index (χ2n) is 6.17. The van der Waals surface area contributed by atoms with Crippen LogP contribution in [0, 0.1) is 15.3 Å². The fourth-order valence-corrected chi connectivity index (χ4v) is 5.01. The van der Waals surface area contributed by atoms with Crippen LogP contribution in [0.15, 0.2) is 66.0 Å². The summed E-state index contributed by atoms with van der Waals surface area (Å²) in [5, 5.41) is 13.5. The summed E-state index contributed by atoms with van der Waals surface area (Å²) in [6.07, 6.45) is 0. The van der Waals surface area contributed by atoms with Crippen LogP contribution in [0.3, 0.4) is 0 Å². The summed E-state index contributed by atoms with van der Waals surface area (Å²) in [6, 6.07) is 19.9. The smallest absolute Gasteiger partial charge is 0.163 e. The molecule has 0 bridgehead atoms. The number of anilines is 1. The van der Waals surface area contributed by atoms with Gasteiger partial charge in [-0.3, -0.25) is 0 Å². The van der Waals surface area contributed by atoms with Gasteiger partial charge in [-0.2, -0.15) is 5.26 Å². The third-order valence-corrected chi connectivity index (χ3v) is 6.39. The minimum Gasteiger partial charge on any atom is -0.384 e. The van der Waals surface area contributed by atoms with E-state index in [1.54, 1.807) is 0 Å². The molecule has 4 rings (SSSR count). The molecule has 1 unspecified atom stereocenters. The Morgan fingerprint density at radius 1 is 1.19 bits per heavy atom. The molecule has 7 heteroatoms. The van der Waals surface area contributed by atoms with Crippen molar-refractivity contribution in [3.8, 4) is 6.07 Å². The van der Waals surface area contributed by atoms with E-state index in [4.69, 9.17) is 29.6 Å². The number of allylic oxidation sites excluding steroid dienone is 1. The highest BCUT2D eigenvalue weighted by atomic mass is 35.5. The zero-order valence-corrected chi connectivity index (χ0v) is 16.5. The number of hydrogen-bond donors (Lipinski definition) is 2. The predicted octanol–water partition coefficient (Wildman–Crippen LogP) is 5.23. The van der Waals surface area contributed by atoms with E-state index >= 15 is 0 Å². The van der Waals surface area contributed by atoms with Gasteiger partial charge in [-0.1, -0.05) is 60.1 Å². The number of halogens is 1. The Balaban J connectivity index is 1.89. The van der Waals surface area contributed by atoms with Crippen LogP contribution < -0.4 is 11.1 Å². The first-order chi connectivity index (χ1) is 13.1. The van der Waals surface area contributed by atoms with Crippen LogP contribution in [0.4, 0.5) is 5.82 Å². The highest BCUT2D eigenvalue weighted by Crippen LogP contribution is 2.46. The van der Waals surface area contributed by atoms with E-state index in [1.165, 1.54) is 11.3 Å². The zero-order valence-electron chi connectivity index (χ0n) is 14.1. The molecular formula is C20H15ClN4S2. The van der Waals surface area contributed by atoms with Gasteiger partial charge in [0, 0.05) is 5.02 Å². The summed E-state index contributed by atoms with van der Waals surface area (Å²) < 4.78 is 2.75. The minimum absolute atomic E-state index is 0.330. The van der Waals surface area contributed by atoms with Gasteiger partial charge >= 0.3 is 0 Å². The third-order valence-electron chi connectivity index (χ3n) is 4.54. The third kappa shape index (κ3) is 3.15. The van der Waals surface area contributed by atoms with Gasteiger partial charge < -0.3 is 15.6 Å². The minimum atomic E-state index is -0.330. The van der Waals surface area contributed by atoms with Crippen LogP contribution in [0.5, 0.6) is 0 Å². The average molecular weight is 411 g/mol. The van der Waals surface area contributed by atoms with E-state index in [1.807, 2.05) is 47.0 Å². The van der Waals surface area contributed by atoms with Gasteiger partial charge in [-0.25, -0.2) is 0 Å². The number of nitrogens with zero attached hydrogens (tertiary/aromatic N) is 2. The fourth-order valence-electron chi connectivity index (χ4n) is 3.27. The van der Waals surface area contributed by atoms with Crippen LogP contribution in [0.1, 0.15) is 21.9 Å². The van der Waals surface area contributed by atoms with E-state index in [0.717, 1.165) is 25.8 Å². The molecule has 0 saturated heterocycles. The number of nitrogens with two attached hydrogens (primary N) is 1. The number of rotatable bonds is 3. The summed E-state index contributed by atoms with van der Waals surface area (Å²) in [6.45, 7) is 0.628. The lowest BCUT2D eigenvalue weighted by molar-refractivity contribution is 0.789. The van der Waals surface area contributed by atoms with E-state index in [9.17, 15) is 5.26 Å². The topological polar surface area (TPSA) is 66.8 Å². The molecule has 2 aromatic carbocycles. The Bertz CT molecular complexity index is 1140. The number of benzene rings is 2. The largest absolute Gasteiger partial charge is 0.384 e. The first kappa shape index (κ1) is 17.8. The SMILES string of the molecule is N#CC1=C(N)Nc2c(sc(=S)n2Cc2ccccc2)C1c1ccccc1Cl. The van der Waals surface area contributed by atoms with Crippen LogP contribution in [-0.2, 0) is 6.54 Å². The average Bonchev–Trinajstić information content (AvgIpc) is 2.97. The van der Waals surface area contributed by atoms with Crippen molar-refractivity contribution in [2.45, 2.75) is 12.5 Å². The molecule has 1 aliphatic rings. The maximum absolute atomic E-state index is 9.72. The van der Waals surface area contributed by atoms with Crippen LogP contribution in [0.2, 0.25) is 5.02 Å². The number of fused-ring (bicyclic) bond motifs is 1. The monoisotopic (exact) mass is 410 g/mol. The molecular weight excluding hydrogens is 396 g/mol. The van der Waals surface area contributed by atoms with Gasteiger partial charge in [0.1, 0.15) is 11.6 Å². The van der Waals surface area contributed by atoms with Crippen LogP contribution in [0.25, 0.3) is 0 Å². The predicted molar refractivity (Wildman–Crippen MR) is 112 cm³/mol. The molecule has 27 heavy (non-hydrogen) atoms. The lowest BCUT2D eigenvalue weighted by Gasteiger charge is -2.26. The summed E-state index contributed by atoms with van der Waals surface area (Å²) in [5.74, 6) is 0.837. The van der Waals surface area contributed by atoms with Gasteiger partial charge in [0.2, 0.25) is 0 Å². The molecule has 0 radical (unpaired) electrons. The number of nitrogens with one attached hydrogen (secondary N) is 1. The number of aromatic nitrogens is 1. The van der Waals surface area contributed by atoms with Crippen molar-refractivity contribution in [3.63, 3.8) is 0 Å². The molecule has 4 nitrogen and oxygen atoms in total. The highest BCUT2D eigenvalue weighted by molar-refractivity contribution is 7.73. The quantitative estimate of drug-likeness (QED) is 0.580. The van der Waals surface area contributed by atoms with Crippen molar-refractivity contribution < 1.29 is 0 Å². The van der Waals surface area contributed by atoms with Crippen LogP contribution in [-0.4, -0.2) is 4.57 Å². The number of nitriles is 1. The van der Waals surface area contributed by atoms with Crippen molar-refractivity contribution >= 4 is 41.0 Å². The first-order valence-corrected chi connectivity index (χ1v) is 9.89. The molecule has 1 aliphatic heterocycles. The molecule has 1 aromatic heterocycles. The van der Waals surface area contributed by atoms with Crippen molar-refractivity contribution in [1.82, 2.24) is 4.57 Å². The lowest BCUT2D eigenvalue weighted by Crippen LogP contribution is -2.24. The van der Waals surface area contributed by atoms with Crippen molar-refractivity contribution in [1.29, 1.82) is 5.26 Å². The first-order valence-electron chi connectivity index (χ1n) is 8.28. The van der Waals surface area contributed by atoms with E-state index in [-0.39, 0.29) is 5.92 Å². The second-order valence-corrected chi connectivity index (χ2v) is 8.25. The van der Waals surface area contributed by atoms with Gasteiger partial charge in [-0.15, -0.1) is 11.3 Å². The molecule has 0 amide bonds. The highest BCUT2D eigenvalue weighted by Gasteiger charge is 2.33. The zero-order chi connectivity index (χ0) is 19.0. The Morgan fingerprint density at radius 3 is 2.59 bits per heavy atom. The Hall–Kier alpha value is -2.59. The second kappa shape index (κ2) is 7.20. The van der Waals surface area contributed by atoms with Gasteiger partial charge in [-0.05, 0) is 29.4 Å². The maximum atomic E-state index is 9.72. The summed E-state index contributed by atoms with van der Waals surface area (Å²) >= 11 is 13.6. The van der Waals surface area contributed by atoms with Gasteiger partial charge in [0.05, 0.1) is 29.0 Å². The van der Waals surface area contributed by atoms with Crippen molar-refractivity contribution in [2.24, 2.45) is 5.73 Å². The molecule has 0 fully saturated rings.